The third-order valence-electron chi connectivity index (χ3n) is 4.83. The van der Waals surface area contributed by atoms with Crippen LogP contribution in [0.2, 0.25) is 0 Å². The first-order valence-electron chi connectivity index (χ1n) is 8.82. The van der Waals surface area contributed by atoms with Gasteiger partial charge in [-0.15, -0.1) is 11.3 Å². The van der Waals surface area contributed by atoms with Crippen LogP contribution in [0.1, 0.15) is 28.1 Å². The fourth-order valence-corrected chi connectivity index (χ4v) is 4.33. The second-order valence-corrected chi connectivity index (χ2v) is 7.71. The Balaban J connectivity index is 1.41. The number of fused-ring (bicyclic) bond motifs is 1. The number of rotatable bonds is 6. The summed E-state index contributed by atoms with van der Waals surface area (Å²) in [6, 6.07) is 8.23. The smallest absolute Gasteiger partial charge is 0.261 e. The number of benzene rings is 1. The zero-order valence-electron chi connectivity index (χ0n) is 14.7. The number of nitrogens with zero attached hydrogens (tertiary/aromatic N) is 2. The third kappa shape index (κ3) is 4.15. The highest BCUT2D eigenvalue weighted by Gasteiger charge is 2.15. The maximum Gasteiger partial charge on any atom is 0.261 e. The highest BCUT2D eigenvalue weighted by molar-refractivity contribution is 7.21. The van der Waals surface area contributed by atoms with Crippen LogP contribution < -0.4 is 5.32 Å². The molecule has 1 saturated heterocycles. The van der Waals surface area contributed by atoms with Crippen LogP contribution in [0.3, 0.4) is 0 Å². The van der Waals surface area contributed by atoms with E-state index in [1.165, 1.54) is 36.3 Å². The van der Waals surface area contributed by atoms with Crippen LogP contribution in [-0.2, 0) is 0 Å². The first-order chi connectivity index (χ1) is 11.6. The zero-order valence-corrected chi connectivity index (χ0v) is 15.5. The molecular formula is C19H27N3OS. The lowest BCUT2D eigenvalue weighted by atomic mass is 10.1. The maximum atomic E-state index is 12.4. The molecule has 1 amide bonds. The van der Waals surface area contributed by atoms with Crippen LogP contribution in [0, 0.1) is 6.92 Å². The number of carbonyl (C=O) groups is 1. The highest BCUT2D eigenvalue weighted by atomic mass is 32.1. The Hall–Kier alpha value is -1.43. The number of aryl methyl sites for hydroxylation is 1. The lowest BCUT2D eigenvalue weighted by molar-refractivity contribution is 0.0955. The predicted octanol–water partition coefficient (Wildman–Crippen LogP) is 2.97. The lowest BCUT2D eigenvalue weighted by Crippen LogP contribution is -2.44. The summed E-state index contributed by atoms with van der Waals surface area (Å²) in [5.41, 5.74) is 1.10. The Bertz CT molecular complexity index is 689. The van der Waals surface area contributed by atoms with Crippen molar-refractivity contribution >= 4 is 27.3 Å². The molecule has 24 heavy (non-hydrogen) atoms. The van der Waals surface area contributed by atoms with E-state index >= 15 is 0 Å². The molecule has 3 rings (SSSR count). The third-order valence-corrected chi connectivity index (χ3v) is 6.10. The largest absolute Gasteiger partial charge is 0.351 e. The minimum Gasteiger partial charge on any atom is -0.351 e. The molecule has 0 saturated carbocycles. The van der Waals surface area contributed by atoms with E-state index in [9.17, 15) is 4.79 Å². The number of unbranched alkanes of at least 4 members (excludes halogenated alkanes) is 1. The number of hydrogen-bond donors (Lipinski definition) is 1. The molecule has 130 valence electrons. The fourth-order valence-electron chi connectivity index (χ4n) is 3.20. The van der Waals surface area contributed by atoms with Gasteiger partial charge in [-0.1, -0.05) is 18.2 Å². The number of hydrogen-bond acceptors (Lipinski definition) is 4. The van der Waals surface area contributed by atoms with Gasteiger partial charge in [-0.3, -0.25) is 4.79 Å². The lowest BCUT2D eigenvalue weighted by Gasteiger charge is -2.32. The Morgan fingerprint density at radius 1 is 1.17 bits per heavy atom. The number of nitrogens with one attached hydrogen (secondary N) is 1. The number of piperazine rings is 1. The number of thiophene rings is 1. The number of amides is 1. The van der Waals surface area contributed by atoms with Crippen LogP contribution >= 0.6 is 11.3 Å². The molecule has 4 nitrogen and oxygen atoms in total. The van der Waals surface area contributed by atoms with E-state index in [1.807, 2.05) is 19.1 Å². The SMILES string of the molecule is Cc1c(C(=O)NCCCCN2CCN(C)CC2)sc2ccccc12. The zero-order chi connectivity index (χ0) is 16.9. The van der Waals surface area contributed by atoms with Crippen LogP contribution in [0.15, 0.2) is 24.3 Å². The van der Waals surface area contributed by atoms with E-state index in [1.54, 1.807) is 11.3 Å². The minimum absolute atomic E-state index is 0.0771. The molecular weight excluding hydrogens is 318 g/mol. The monoisotopic (exact) mass is 345 g/mol. The molecule has 2 heterocycles. The summed E-state index contributed by atoms with van der Waals surface area (Å²) >= 11 is 1.59. The highest BCUT2D eigenvalue weighted by Crippen LogP contribution is 2.30. The Morgan fingerprint density at radius 3 is 2.67 bits per heavy atom. The van der Waals surface area contributed by atoms with Crippen molar-refractivity contribution in [2.24, 2.45) is 0 Å². The summed E-state index contributed by atoms with van der Waals surface area (Å²) in [5, 5.41) is 4.29. The van der Waals surface area contributed by atoms with Gasteiger partial charge in [0, 0.05) is 37.4 Å². The van der Waals surface area contributed by atoms with E-state index in [0.717, 1.165) is 36.4 Å². The summed E-state index contributed by atoms with van der Waals surface area (Å²) in [5.74, 6) is 0.0771. The molecule has 1 fully saturated rings. The summed E-state index contributed by atoms with van der Waals surface area (Å²) in [7, 11) is 2.18. The molecule has 0 aliphatic carbocycles. The molecule has 1 aliphatic rings. The molecule has 1 aliphatic heterocycles. The molecule has 5 heteroatoms. The molecule has 1 aromatic carbocycles. The van der Waals surface area contributed by atoms with Gasteiger partial charge >= 0.3 is 0 Å². The fraction of sp³-hybridized carbons (Fsp3) is 0.526. The van der Waals surface area contributed by atoms with Crippen molar-refractivity contribution in [3.05, 3.63) is 34.7 Å². The van der Waals surface area contributed by atoms with Gasteiger partial charge in [0.1, 0.15) is 0 Å². The topological polar surface area (TPSA) is 35.6 Å². The van der Waals surface area contributed by atoms with Crippen molar-refractivity contribution in [3.63, 3.8) is 0 Å². The van der Waals surface area contributed by atoms with Crippen LogP contribution in [0.4, 0.5) is 0 Å². The van der Waals surface area contributed by atoms with Crippen LogP contribution in [0.5, 0.6) is 0 Å². The average molecular weight is 346 g/mol. The van der Waals surface area contributed by atoms with Crippen molar-refractivity contribution in [1.82, 2.24) is 15.1 Å². The molecule has 0 spiro atoms. The van der Waals surface area contributed by atoms with E-state index in [2.05, 4.69) is 34.3 Å². The number of carbonyl (C=O) groups excluding carboxylic acids is 1. The standard InChI is InChI=1S/C19H27N3OS/c1-15-16-7-3-4-8-17(16)24-18(15)19(23)20-9-5-6-10-22-13-11-21(2)12-14-22/h3-4,7-8H,5-6,9-14H2,1-2H3,(H,20,23). The first kappa shape index (κ1) is 17.4. The van der Waals surface area contributed by atoms with Gasteiger partial charge in [0.15, 0.2) is 0 Å². The molecule has 0 unspecified atom stereocenters. The summed E-state index contributed by atoms with van der Waals surface area (Å²) in [6.45, 7) is 8.63. The Labute approximate surface area is 148 Å². The van der Waals surface area contributed by atoms with Crippen molar-refractivity contribution in [3.8, 4) is 0 Å². The Kier molecular flexibility index (Phi) is 5.87. The van der Waals surface area contributed by atoms with Crippen LogP contribution in [0.25, 0.3) is 10.1 Å². The predicted molar refractivity (Wildman–Crippen MR) is 102 cm³/mol. The van der Waals surface area contributed by atoms with Gasteiger partial charge in [0.25, 0.3) is 5.91 Å². The quantitative estimate of drug-likeness (QED) is 0.818. The molecule has 2 aromatic rings. The van der Waals surface area contributed by atoms with Crippen LogP contribution in [-0.4, -0.2) is 62.0 Å². The van der Waals surface area contributed by atoms with Gasteiger partial charge in [-0.2, -0.15) is 0 Å². The second kappa shape index (κ2) is 8.10. The van der Waals surface area contributed by atoms with Gasteiger partial charge in [0.05, 0.1) is 4.88 Å². The maximum absolute atomic E-state index is 12.4. The van der Waals surface area contributed by atoms with Gasteiger partial charge in [-0.05, 0) is 50.4 Å². The normalized spacial score (nSPS) is 16.6. The van der Waals surface area contributed by atoms with E-state index in [0.29, 0.717) is 0 Å². The summed E-state index contributed by atoms with van der Waals surface area (Å²) in [6.07, 6.45) is 2.19. The molecule has 1 N–H and O–H groups in total. The van der Waals surface area contributed by atoms with Crippen molar-refractivity contribution in [2.45, 2.75) is 19.8 Å². The first-order valence-corrected chi connectivity index (χ1v) is 9.64. The summed E-state index contributed by atoms with van der Waals surface area (Å²) in [4.78, 5) is 18.2. The van der Waals surface area contributed by atoms with Crippen molar-refractivity contribution in [1.29, 1.82) is 0 Å². The number of likely N-dealkylation sites (N-methyl/N-ethyl adjacent to an activating group) is 1. The summed E-state index contributed by atoms with van der Waals surface area (Å²) < 4.78 is 1.19. The molecule has 0 radical (unpaired) electrons. The Morgan fingerprint density at radius 2 is 1.92 bits per heavy atom. The molecule has 1 aromatic heterocycles. The van der Waals surface area contributed by atoms with E-state index in [-0.39, 0.29) is 5.91 Å². The van der Waals surface area contributed by atoms with Gasteiger partial charge in [-0.25, -0.2) is 0 Å². The minimum atomic E-state index is 0.0771. The second-order valence-electron chi connectivity index (χ2n) is 6.66. The van der Waals surface area contributed by atoms with E-state index in [4.69, 9.17) is 0 Å². The van der Waals surface area contributed by atoms with Gasteiger partial charge < -0.3 is 15.1 Å². The van der Waals surface area contributed by atoms with Crippen molar-refractivity contribution in [2.75, 3.05) is 46.3 Å². The average Bonchev–Trinajstić information content (AvgIpc) is 2.93. The molecule has 0 bridgehead atoms. The van der Waals surface area contributed by atoms with E-state index < -0.39 is 0 Å². The molecule has 0 atom stereocenters. The van der Waals surface area contributed by atoms with Gasteiger partial charge in [0.2, 0.25) is 0 Å². The van der Waals surface area contributed by atoms with Crippen molar-refractivity contribution < 1.29 is 4.79 Å².